The molecule has 0 saturated carbocycles. The topological polar surface area (TPSA) is 121 Å². The summed E-state index contributed by atoms with van der Waals surface area (Å²) in [5, 5.41) is 25.1. The van der Waals surface area contributed by atoms with Gasteiger partial charge in [-0.05, 0) is 0 Å². The fourth-order valence-electron chi connectivity index (χ4n) is 0. The Hall–Kier alpha value is -0.938. The number of hydrogen-bond acceptors (Lipinski definition) is 2. The van der Waals surface area contributed by atoms with E-state index in [2.05, 4.69) is 0 Å². The smallest absolute Gasteiger partial charge is 0.201 e. The van der Waals surface area contributed by atoms with Crippen LogP contribution in [0.5, 0.6) is 0 Å². The van der Waals surface area contributed by atoms with Crippen LogP contribution in [0.2, 0.25) is 0 Å². The predicted octanol–water partition coefficient (Wildman–Crippen LogP) is -0.915. The Bertz CT molecular complexity index is 69.1. The third kappa shape index (κ3) is 206. The van der Waals surface area contributed by atoms with Gasteiger partial charge in [0.2, 0.25) is 0 Å². The third-order valence-corrected chi connectivity index (χ3v) is 0. The average molecular weight is 234 g/mol. The van der Waals surface area contributed by atoms with E-state index in [1.807, 2.05) is 0 Å². The van der Waals surface area contributed by atoms with E-state index in [4.69, 9.17) is 30.6 Å². The zero-order valence-electron chi connectivity index (χ0n) is 3.82. The van der Waals surface area contributed by atoms with Gasteiger partial charge in [0.1, 0.15) is 9.81 Å². The summed E-state index contributed by atoms with van der Waals surface area (Å²) < 4.78 is 0. The maximum absolute atomic E-state index is 8.47. The Morgan fingerprint density at radius 3 is 0.778 bits per heavy atom. The molecule has 0 saturated heterocycles. The number of rotatable bonds is 0. The summed E-state index contributed by atoms with van der Waals surface area (Å²) >= 11 is 0. The molecule has 8 nitrogen and oxygen atoms in total. The molecule has 0 atom stereocenters. The molecule has 0 aromatic rings. The molecule has 0 radical (unpaired) electrons. The van der Waals surface area contributed by atoms with Crippen molar-refractivity contribution >= 4 is 0 Å². The normalized spacial score (nSPS) is 5.33. The Kier molecular flexibility index (Phi) is 17.7. The molecule has 0 aliphatic rings. The van der Waals surface area contributed by atoms with Crippen molar-refractivity contribution in [3.8, 4) is 0 Å². The van der Waals surface area contributed by atoms with Crippen molar-refractivity contribution in [2.75, 3.05) is 0 Å². The Labute approximate surface area is 62.0 Å². The standard InChI is InChI=1S/2H2NO3.Pd/c2*2-1(3)4;/h2*(H2,2,3,4);/q2*+1;. The van der Waals surface area contributed by atoms with Gasteiger partial charge in [-0.1, -0.05) is 0 Å². The van der Waals surface area contributed by atoms with Crippen LogP contribution in [0.25, 0.3) is 0 Å². The molecule has 0 aliphatic carbocycles. The monoisotopic (exact) mass is 234 g/mol. The molecule has 0 aromatic carbocycles. The van der Waals surface area contributed by atoms with Crippen molar-refractivity contribution in [1.29, 1.82) is 0 Å². The predicted molar refractivity (Wildman–Crippen MR) is 14.4 cm³/mol. The summed E-state index contributed by atoms with van der Waals surface area (Å²) in [6, 6.07) is 0. The quantitative estimate of drug-likeness (QED) is 0.318. The maximum Gasteiger partial charge on any atom is 0.472 e. The maximum atomic E-state index is 8.47. The summed E-state index contributed by atoms with van der Waals surface area (Å²) in [6.45, 7) is 0. The molecule has 0 fully saturated rings. The van der Waals surface area contributed by atoms with Crippen LogP contribution in [0.1, 0.15) is 0 Å². The SMILES string of the molecule is O=[N+](O)O.O=[N+](O)O.[Pd]. The Morgan fingerprint density at radius 2 is 0.778 bits per heavy atom. The zero-order valence-corrected chi connectivity index (χ0v) is 5.37. The van der Waals surface area contributed by atoms with E-state index in [9.17, 15) is 0 Å². The van der Waals surface area contributed by atoms with Gasteiger partial charge in [0.05, 0.1) is 0 Å². The first-order valence-electron chi connectivity index (χ1n) is 1.17. The molecule has 9 heteroatoms. The molecular weight excluding hydrogens is 230 g/mol. The van der Waals surface area contributed by atoms with E-state index >= 15 is 0 Å². The van der Waals surface area contributed by atoms with Gasteiger partial charge in [-0.15, -0.1) is 0 Å². The van der Waals surface area contributed by atoms with Gasteiger partial charge < -0.3 is 0 Å². The van der Waals surface area contributed by atoms with Crippen LogP contribution in [0.3, 0.4) is 0 Å². The Balaban J connectivity index is -0.0000000720. The minimum atomic E-state index is -1.25. The van der Waals surface area contributed by atoms with Crippen LogP contribution in [0, 0.1) is 9.81 Å². The first-order valence-corrected chi connectivity index (χ1v) is 1.17. The van der Waals surface area contributed by atoms with E-state index in [-0.39, 0.29) is 20.4 Å². The molecule has 0 aromatic heterocycles. The minimum absolute atomic E-state index is 0. The molecule has 0 unspecified atom stereocenters. The van der Waals surface area contributed by atoms with Crippen molar-refractivity contribution in [1.82, 2.24) is 0 Å². The van der Waals surface area contributed by atoms with Gasteiger partial charge in [-0.2, -0.15) is 0 Å². The van der Waals surface area contributed by atoms with Crippen LogP contribution in [0.15, 0.2) is 0 Å². The fourth-order valence-corrected chi connectivity index (χ4v) is 0. The molecule has 58 valence electrons. The molecule has 0 amide bonds. The second-order valence-electron chi connectivity index (χ2n) is 0.505. The fraction of sp³-hybridized carbons (Fsp3) is 0. The van der Waals surface area contributed by atoms with Crippen LogP contribution in [0.4, 0.5) is 0 Å². The summed E-state index contributed by atoms with van der Waals surface area (Å²) in [4.78, 5) is 16.9. The minimum Gasteiger partial charge on any atom is -0.201 e. The molecule has 0 spiro atoms. The molecule has 0 aliphatic heterocycles. The van der Waals surface area contributed by atoms with E-state index in [1.54, 1.807) is 0 Å². The average Bonchev–Trinajstić information content (AvgIpc) is 1.25. The van der Waals surface area contributed by atoms with E-state index in [1.165, 1.54) is 0 Å². The summed E-state index contributed by atoms with van der Waals surface area (Å²) in [5.41, 5.74) is 0. The van der Waals surface area contributed by atoms with E-state index in [0.717, 1.165) is 0 Å². The van der Waals surface area contributed by atoms with Crippen LogP contribution >= 0.6 is 0 Å². The number of hydrogen-bond donors (Lipinski definition) is 4. The largest absolute Gasteiger partial charge is 0.472 e. The molecule has 0 rings (SSSR count). The first kappa shape index (κ1) is 15.7. The third-order valence-electron chi connectivity index (χ3n) is 0. The van der Waals surface area contributed by atoms with Crippen LogP contribution in [-0.4, -0.2) is 31.0 Å². The van der Waals surface area contributed by atoms with Gasteiger partial charge in [0.15, 0.2) is 0 Å². The van der Waals surface area contributed by atoms with E-state index in [0.29, 0.717) is 0 Å². The van der Waals surface area contributed by atoms with Crippen molar-refractivity contribution < 1.29 is 51.4 Å². The molecule has 0 heterocycles. The van der Waals surface area contributed by atoms with Gasteiger partial charge >= 0.3 is 10.2 Å². The van der Waals surface area contributed by atoms with Crippen molar-refractivity contribution in [2.45, 2.75) is 0 Å². The molecular formula is H4N2O6Pd+2. The summed E-state index contributed by atoms with van der Waals surface area (Å²) in [5.74, 6) is 0. The van der Waals surface area contributed by atoms with Crippen molar-refractivity contribution in [3.05, 3.63) is 9.81 Å². The summed E-state index contributed by atoms with van der Waals surface area (Å²) in [7, 11) is 0. The first-order chi connectivity index (χ1) is 3.46. The second-order valence-corrected chi connectivity index (χ2v) is 0.505. The second kappa shape index (κ2) is 10.1. The van der Waals surface area contributed by atoms with Crippen LogP contribution < -0.4 is 0 Å². The summed E-state index contributed by atoms with van der Waals surface area (Å²) in [6.07, 6.45) is 0. The van der Waals surface area contributed by atoms with Gasteiger partial charge in [0, 0.05) is 20.4 Å². The number of nitrogens with zero attached hydrogens (tertiary/aromatic N) is 2. The van der Waals surface area contributed by atoms with Crippen molar-refractivity contribution in [2.24, 2.45) is 0 Å². The van der Waals surface area contributed by atoms with Crippen LogP contribution in [-0.2, 0) is 20.4 Å². The zero-order chi connectivity index (χ0) is 7.15. The molecule has 0 bridgehead atoms. The molecule has 4 N–H and O–H groups in total. The molecule has 9 heavy (non-hydrogen) atoms. The van der Waals surface area contributed by atoms with E-state index < -0.39 is 10.2 Å². The van der Waals surface area contributed by atoms with Gasteiger partial charge in [-0.3, -0.25) is 0 Å². The van der Waals surface area contributed by atoms with Crippen molar-refractivity contribution in [3.63, 3.8) is 0 Å². The van der Waals surface area contributed by atoms with Gasteiger partial charge in [0.25, 0.3) is 0 Å². The Morgan fingerprint density at radius 1 is 0.778 bits per heavy atom. The van der Waals surface area contributed by atoms with Gasteiger partial charge in [-0.25, -0.2) is 20.8 Å².